The van der Waals surface area contributed by atoms with Crippen LogP contribution in [0.25, 0.3) is 10.9 Å². The predicted octanol–water partition coefficient (Wildman–Crippen LogP) is -0.00240. The van der Waals surface area contributed by atoms with Crippen LogP contribution in [0.3, 0.4) is 0 Å². The average Bonchev–Trinajstić information content (AvgIpc) is 2.54. The molecule has 8 nitrogen and oxygen atoms in total. The Morgan fingerprint density at radius 3 is 2.46 bits per heavy atom. The molecule has 132 valence electrons. The summed E-state index contributed by atoms with van der Waals surface area (Å²) >= 11 is 0. The molecule has 4 N–H and O–H groups in total. The fraction of sp³-hybridized carbons (Fsp3) is 0.429. The first-order chi connectivity index (χ1) is 10.9. The second-order valence-corrected chi connectivity index (χ2v) is 7.64. The molecule has 2 aromatic rings. The van der Waals surface area contributed by atoms with Crippen molar-refractivity contribution < 1.29 is 8.42 Å². The van der Waals surface area contributed by atoms with Gasteiger partial charge in [0.25, 0.3) is 5.56 Å². The highest BCUT2D eigenvalue weighted by molar-refractivity contribution is 7.89. The third-order valence-electron chi connectivity index (χ3n) is 4.26. The minimum absolute atomic E-state index is 0. The Labute approximate surface area is 144 Å². The number of H-pyrrole nitrogens is 2. The van der Waals surface area contributed by atoms with Gasteiger partial charge >= 0.3 is 5.69 Å². The molecule has 0 spiro atoms. The molecule has 3 rings (SSSR count). The van der Waals surface area contributed by atoms with Gasteiger partial charge in [0, 0.05) is 13.1 Å². The van der Waals surface area contributed by atoms with Gasteiger partial charge in [-0.3, -0.25) is 9.78 Å². The molecular formula is C14H19ClN4O4S. The van der Waals surface area contributed by atoms with Gasteiger partial charge in [-0.25, -0.2) is 13.2 Å². The van der Waals surface area contributed by atoms with Gasteiger partial charge in [0.05, 0.1) is 15.8 Å². The van der Waals surface area contributed by atoms with Gasteiger partial charge in [0.15, 0.2) is 0 Å². The van der Waals surface area contributed by atoms with Crippen molar-refractivity contribution in [1.29, 1.82) is 0 Å². The molecule has 1 aliphatic heterocycles. The number of fused-ring (bicyclic) bond motifs is 1. The van der Waals surface area contributed by atoms with Crippen LogP contribution in [0.2, 0.25) is 0 Å². The van der Waals surface area contributed by atoms with E-state index >= 15 is 0 Å². The first-order valence-corrected chi connectivity index (χ1v) is 8.82. The molecular weight excluding hydrogens is 356 g/mol. The van der Waals surface area contributed by atoms with Crippen LogP contribution in [-0.2, 0) is 10.0 Å². The Kier molecular flexibility index (Phi) is 5.49. The maximum atomic E-state index is 12.7. The summed E-state index contributed by atoms with van der Waals surface area (Å²) in [6.45, 7) is 1.40. The van der Waals surface area contributed by atoms with E-state index in [0.717, 1.165) is 12.8 Å². The maximum absolute atomic E-state index is 12.7. The van der Waals surface area contributed by atoms with Gasteiger partial charge < -0.3 is 10.7 Å². The molecule has 0 amide bonds. The van der Waals surface area contributed by atoms with Crippen LogP contribution < -0.4 is 17.0 Å². The van der Waals surface area contributed by atoms with Gasteiger partial charge in [-0.1, -0.05) is 0 Å². The molecule has 1 aliphatic rings. The van der Waals surface area contributed by atoms with E-state index in [2.05, 4.69) is 9.97 Å². The minimum Gasteiger partial charge on any atom is -0.330 e. The predicted molar refractivity (Wildman–Crippen MR) is 93.0 cm³/mol. The fourth-order valence-corrected chi connectivity index (χ4v) is 4.34. The fourth-order valence-electron chi connectivity index (χ4n) is 2.84. The summed E-state index contributed by atoms with van der Waals surface area (Å²) < 4.78 is 26.8. The molecule has 0 radical (unpaired) electrons. The number of piperidine rings is 1. The number of benzene rings is 1. The Bertz CT molecular complexity index is 945. The summed E-state index contributed by atoms with van der Waals surface area (Å²) in [5.41, 5.74) is 4.70. The van der Waals surface area contributed by atoms with Crippen molar-refractivity contribution >= 4 is 33.3 Å². The summed E-state index contributed by atoms with van der Waals surface area (Å²) in [7, 11) is -3.66. The minimum atomic E-state index is -3.66. The van der Waals surface area contributed by atoms with Crippen molar-refractivity contribution in [3.8, 4) is 0 Å². The smallest absolute Gasteiger partial charge is 0.326 e. The molecule has 24 heavy (non-hydrogen) atoms. The van der Waals surface area contributed by atoms with E-state index in [4.69, 9.17) is 5.73 Å². The number of aromatic nitrogens is 2. The molecule has 1 fully saturated rings. The van der Waals surface area contributed by atoms with E-state index in [1.807, 2.05) is 0 Å². The second kappa shape index (κ2) is 7.06. The van der Waals surface area contributed by atoms with Crippen molar-refractivity contribution in [2.75, 3.05) is 19.6 Å². The zero-order valence-electron chi connectivity index (χ0n) is 12.8. The van der Waals surface area contributed by atoms with Crippen molar-refractivity contribution in [2.24, 2.45) is 11.7 Å². The molecule has 1 aromatic carbocycles. The summed E-state index contributed by atoms with van der Waals surface area (Å²) in [5.74, 6) is 0.353. The normalized spacial score (nSPS) is 16.9. The summed E-state index contributed by atoms with van der Waals surface area (Å²) in [6.07, 6.45) is 1.47. The van der Waals surface area contributed by atoms with Gasteiger partial charge in [0.2, 0.25) is 10.0 Å². The molecule has 0 unspecified atom stereocenters. The summed E-state index contributed by atoms with van der Waals surface area (Å²) in [5, 5.41) is 0.141. The van der Waals surface area contributed by atoms with Crippen LogP contribution in [0.4, 0.5) is 0 Å². The SMILES string of the molecule is Cl.NCC1CCN(S(=O)(=O)c2ccc3[nH]c(=O)[nH]c(=O)c3c2)CC1. The standard InChI is InChI=1S/C14H18N4O4S.ClH/c15-8-9-3-5-18(6-4-9)23(21,22)10-1-2-12-11(7-10)13(19)17-14(20)16-12;/h1-2,7,9H,3-6,8,15H2,(H2,16,17,19,20);1H. The summed E-state index contributed by atoms with van der Waals surface area (Å²) in [4.78, 5) is 27.7. The number of rotatable bonds is 3. The Balaban J connectivity index is 0.00000208. The summed E-state index contributed by atoms with van der Waals surface area (Å²) in [6, 6.07) is 4.14. The van der Waals surface area contributed by atoms with Crippen LogP contribution in [0, 0.1) is 5.92 Å². The number of hydrogen-bond donors (Lipinski definition) is 3. The van der Waals surface area contributed by atoms with Crippen molar-refractivity contribution in [1.82, 2.24) is 14.3 Å². The lowest BCUT2D eigenvalue weighted by molar-refractivity contribution is 0.278. The second-order valence-electron chi connectivity index (χ2n) is 5.70. The first kappa shape index (κ1) is 18.7. The number of nitrogens with two attached hydrogens (primary N) is 1. The Morgan fingerprint density at radius 2 is 1.83 bits per heavy atom. The highest BCUT2D eigenvalue weighted by Crippen LogP contribution is 2.24. The molecule has 0 aliphatic carbocycles. The lowest BCUT2D eigenvalue weighted by atomic mass is 9.99. The largest absolute Gasteiger partial charge is 0.330 e. The van der Waals surface area contributed by atoms with E-state index in [-0.39, 0.29) is 22.7 Å². The maximum Gasteiger partial charge on any atom is 0.326 e. The highest BCUT2D eigenvalue weighted by atomic mass is 35.5. The molecule has 1 aromatic heterocycles. The van der Waals surface area contributed by atoms with Crippen molar-refractivity contribution in [3.05, 3.63) is 39.0 Å². The van der Waals surface area contributed by atoms with E-state index in [1.54, 1.807) is 0 Å². The van der Waals surface area contributed by atoms with Crippen LogP contribution in [-0.4, -0.2) is 42.3 Å². The molecule has 1 saturated heterocycles. The zero-order valence-corrected chi connectivity index (χ0v) is 14.5. The van der Waals surface area contributed by atoms with Gasteiger partial charge in [0.1, 0.15) is 0 Å². The topological polar surface area (TPSA) is 129 Å². The molecule has 10 heteroatoms. The third kappa shape index (κ3) is 3.39. The van der Waals surface area contributed by atoms with Crippen LogP contribution >= 0.6 is 12.4 Å². The van der Waals surface area contributed by atoms with E-state index < -0.39 is 21.3 Å². The number of aromatic amines is 2. The lowest BCUT2D eigenvalue weighted by Gasteiger charge is -2.30. The number of nitrogens with zero attached hydrogens (tertiary/aromatic N) is 1. The van der Waals surface area contributed by atoms with E-state index in [0.29, 0.717) is 31.1 Å². The number of halogens is 1. The Hall–Kier alpha value is -1.68. The van der Waals surface area contributed by atoms with Crippen LogP contribution in [0.5, 0.6) is 0 Å². The highest BCUT2D eigenvalue weighted by Gasteiger charge is 2.29. The van der Waals surface area contributed by atoms with Crippen molar-refractivity contribution in [3.63, 3.8) is 0 Å². The lowest BCUT2D eigenvalue weighted by Crippen LogP contribution is -2.40. The molecule has 2 heterocycles. The molecule has 0 atom stereocenters. The van der Waals surface area contributed by atoms with Crippen molar-refractivity contribution in [2.45, 2.75) is 17.7 Å². The quantitative estimate of drug-likeness (QED) is 0.696. The number of hydrogen-bond acceptors (Lipinski definition) is 5. The van der Waals surface area contributed by atoms with E-state index in [9.17, 15) is 18.0 Å². The molecule has 0 saturated carbocycles. The zero-order chi connectivity index (χ0) is 16.6. The third-order valence-corrected chi connectivity index (χ3v) is 6.15. The monoisotopic (exact) mass is 374 g/mol. The number of nitrogens with one attached hydrogen (secondary N) is 2. The van der Waals surface area contributed by atoms with Crippen LogP contribution in [0.15, 0.2) is 32.7 Å². The number of sulfonamides is 1. The van der Waals surface area contributed by atoms with Gasteiger partial charge in [-0.2, -0.15) is 4.31 Å². The first-order valence-electron chi connectivity index (χ1n) is 7.38. The van der Waals surface area contributed by atoms with E-state index in [1.165, 1.54) is 22.5 Å². The molecule has 0 bridgehead atoms. The Morgan fingerprint density at radius 1 is 1.17 bits per heavy atom. The average molecular weight is 375 g/mol. The van der Waals surface area contributed by atoms with Gasteiger partial charge in [-0.05, 0) is 43.5 Å². The van der Waals surface area contributed by atoms with Crippen LogP contribution in [0.1, 0.15) is 12.8 Å². The van der Waals surface area contributed by atoms with Gasteiger partial charge in [-0.15, -0.1) is 12.4 Å².